The fourth-order valence-corrected chi connectivity index (χ4v) is 3.04. The third-order valence-electron chi connectivity index (χ3n) is 3.47. The van der Waals surface area contributed by atoms with Crippen molar-refractivity contribution >= 4 is 11.3 Å². The molecule has 18 heavy (non-hydrogen) atoms. The average Bonchev–Trinajstić information content (AvgIpc) is 2.76. The molecule has 1 aromatic rings. The van der Waals surface area contributed by atoms with Gasteiger partial charge < -0.3 is 10.1 Å². The molecule has 1 rings (SSSR count). The van der Waals surface area contributed by atoms with Crippen LogP contribution in [0.4, 0.5) is 0 Å². The van der Waals surface area contributed by atoms with Gasteiger partial charge in [-0.3, -0.25) is 0 Å². The predicted octanol–water partition coefficient (Wildman–Crippen LogP) is 4.30. The molecule has 1 heterocycles. The zero-order valence-electron chi connectivity index (χ0n) is 12.4. The summed E-state index contributed by atoms with van der Waals surface area (Å²) in [7, 11) is 0. The number of aryl methyl sites for hydroxylation is 1. The van der Waals surface area contributed by atoms with Gasteiger partial charge in [0.25, 0.3) is 0 Å². The van der Waals surface area contributed by atoms with E-state index in [4.69, 9.17) is 4.74 Å². The minimum atomic E-state index is -0.128. The highest BCUT2D eigenvalue weighted by molar-refractivity contribution is 7.10. The number of rotatable bonds is 8. The van der Waals surface area contributed by atoms with Gasteiger partial charge in [-0.2, -0.15) is 0 Å². The normalized spacial score (nSPS) is 16.5. The van der Waals surface area contributed by atoms with Gasteiger partial charge in [-0.15, -0.1) is 11.3 Å². The van der Waals surface area contributed by atoms with E-state index < -0.39 is 0 Å². The van der Waals surface area contributed by atoms with Crippen molar-refractivity contribution < 1.29 is 4.74 Å². The Morgan fingerprint density at radius 1 is 1.39 bits per heavy atom. The van der Waals surface area contributed by atoms with Crippen LogP contribution in [0.15, 0.2) is 11.4 Å². The van der Waals surface area contributed by atoms with Crippen LogP contribution in [0.3, 0.4) is 0 Å². The molecule has 0 aromatic carbocycles. The van der Waals surface area contributed by atoms with Gasteiger partial charge >= 0.3 is 0 Å². The van der Waals surface area contributed by atoms with E-state index in [2.05, 4.69) is 51.4 Å². The molecular formula is C15H27NOS. The first-order valence-corrected chi connectivity index (χ1v) is 7.87. The molecule has 0 aliphatic heterocycles. The molecule has 0 saturated heterocycles. The lowest BCUT2D eigenvalue weighted by Gasteiger charge is -2.37. The van der Waals surface area contributed by atoms with Crippen molar-refractivity contribution in [2.45, 2.75) is 59.1 Å². The maximum absolute atomic E-state index is 6.04. The molecule has 2 unspecified atom stereocenters. The maximum atomic E-state index is 6.04. The molecule has 104 valence electrons. The van der Waals surface area contributed by atoms with Crippen molar-refractivity contribution in [3.63, 3.8) is 0 Å². The van der Waals surface area contributed by atoms with Gasteiger partial charge in [0.2, 0.25) is 0 Å². The van der Waals surface area contributed by atoms with Gasteiger partial charge in [0.05, 0.1) is 11.6 Å². The Balaban J connectivity index is 2.95. The molecule has 0 amide bonds. The highest BCUT2D eigenvalue weighted by Gasteiger charge is 2.34. The van der Waals surface area contributed by atoms with Crippen LogP contribution in [-0.4, -0.2) is 18.8 Å². The second-order valence-electron chi connectivity index (χ2n) is 4.98. The lowest BCUT2D eigenvalue weighted by Crippen LogP contribution is -2.43. The summed E-state index contributed by atoms with van der Waals surface area (Å²) in [6.07, 6.45) is 2.16. The van der Waals surface area contributed by atoms with Crippen LogP contribution in [0.2, 0.25) is 0 Å². The quantitative estimate of drug-likeness (QED) is 0.759. The van der Waals surface area contributed by atoms with Gasteiger partial charge in [0, 0.05) is 11.5 Å². The highest BCUT2D eigenvalue weighted by Crippen LogP contribution is 2.34. The van der Waals surface area contributed by atoms with Crippen molar-refractivity contribution in [3.8, 4) is 0 Å². The summed E-state index contributed by atoms with van der Waals surface area (Å²) in [5.74, 6) is 0. The van der Waals surface area contributed by atoms with Crippen molar-refractivity contribution in [2.24, 2.45) is 0 Å². The predicted molar refractivity (Wildman–Crippen MR) is 80.4 cm³/mol. The van der Waals surface area contributed by atoms with Crippen molar-refractivity contribution in [2.75, 3.05) is 13.2 Å². The summed E-state index contributed by atoms with van der Waals surface area (Å²) in [6, 6.07) is 2.57. The largest absolute Gasteiger partial charge is 0.374 e. The zero-order chi connectivity index (χ0) is 13.6. The lowest BCUT2D eigenvalue weighted by molar-refractivity contribution is -0.0562. The second-order valence-corrected chi connectivity index (χ2v) is 6.09. The summed E-state index contributed by atoms with van der Waals surface area (Å²) in [6.45, 7) is 12.7. The summed E-state index contributed by atoms with van der Waals surface area (Å²) in [4.78, 5) is 1.36. The molecular weight excluding hydrogens is 242 g/mol. The van der Waals surface area contributed by atoms with E-state index in [-0.39, 0.29) is 11.6 Å². The van der Waals surface area contributed by atoms with Crippen LogP contribution in [0.5, 0.6) is 0 Å². The van der Waals surface area contributed by atoms with E-state index in [1.165, 1.54) is 10.4 Å². The molecule has 0 fully saturated rings. The van der Waals surface area contributed by atoms with Crippen LogP contribution in [0.25, 0.3) is 0 Å². The smallest absolute Gasteiger partial charge is 0.0845 e. The van der Waals surface area contributed by atoms with Crippen LogP contribution >= 0.6 is 11.3 Å². The van der Waals surface area contributed by atoms with Crippen LogP contribution in [0.1, 0.15) is 57.0 Å². The Labute approximate surface area is 116 Å². The van der Waals surface area contributed by atoms with E-state index in [9.17, 15) is 0 Å². The molecule has 0 bridgehead atoms. The summed E-state index contributed by atoms with van der Waals surface area (Å²) >= 11 is 1.82. The van der Waals surface area contributed by atoms with Gasteiger partial charge in [-0.25, -0.2) is 0 Å². The molecule has 2 nitrogen and oxygen atoms in total. The first kappa shape index (κ1) is 15.7. The summed E-state index contributed by atoms with van der Waals surface area (Å²) < 4.78 is 6.04. The third kappa shape index (κ3) is 3.81. The van der Waals surface area contributed by atoms with Crippen molar-refractivity contribution in [1.29, 1.82) is 0 Å². The van der Waals surface area contributed by atoms with Gasteiger partial charge in [-0.05, 0) is 57.2 Å². The number of thiophene rings is 1. The average molecular weight is 269 g/mol. The number of nitrogens with one attached hydrogen (secondary N) is 1. The van der Waals surface area contributed by atoms with Crippen molar-refractivity contribution in [1.82, 2.24) is 5.32 Å². The Kier molecular flexibility index (Phi) is 6.33. The third-order valence-corrected chi connectivity index (χ3v) is 4.35. The highest BCUT2D eigenvalue weighted by atomic mass is 32.1. The van der Waals surface area contributed by atoms with E-state index in [1.807, 2.05) is 11.3 Å². The molecule has 0 radical (unpaired) electrons. The Morgan fingerprint density at radius 3 is 2.56 bits per heavy atom. The Bertz CT molecular complexity index is 350. The molecule has 2 atom stereocenters. The van der Waals surface area contributed by atoms with Crippen LogP contribution < -0.4 is 5.32 Å². The molecule has 0 aliphatic carbocycles. The van der Waals surface area contributed by atoms with Crippen LogP contribution in [0, 0.1) is 6.92 Å². The summed E-state index contributed by atoms with van der Waals surface area (Å²) in [5, 5.41) is 5.92. The SMILES string of the molecule is CCCNC(c1csc(C)c1)C(C)(CC)OCC. The van der Waals surface area contributed by atoms with E-state index in [0.717, 1.165) is 26.0 Å². The molecule has 3 heteroatoms. The van der Waals surface area contributed by atoms with Crippen molar-refractivity contribution in [3.05, 3.63) is 21.9 Å². The topological polar surface area (TPSA) is 21.3 Å². The Morgan fingerprint density at radius 2 is 2.11 bits per heavy atom. The molecule has 0 saturated carbocycles. The van der Waals surface area contributed by atoms with Gasteiger partial charge in [0.1, 0.15) is 0 Å². The minimum Gasteiger partial charge on any atom is -0.374 e. The minimum absolute atomic E-state index is 0.128. The van der Waals surface area contributed by atoms with E-state index >= 15 is 0 Å². The number of hydrogen-bond donors (Lipinski definition) is 1. The van der Waals surface area contributed by atoms with Gasteiger partial charge in [0.15, 0.2) is 0 Å². The summed E-state index contributed by atoms with van der Waals surface area (Å²) in [5.41, 5.74) is 1.24. The first-order valence-electron chi connectivity index (χ1n) is 6.99. The molecule has 0 spiro atoms. The van der Waals surface area contributed by atoms with E-state index in [0.29, 0.717) is 0 Å². The maximum Gasteiger partial charge on any atom is 0.0845 e. The molecule has 1 aromatic heterocycles. The molecule has 1 N–H and O–H groups in total. The van der Waals surface area contributed by atoms with Crippen LogP contribution in [-0.2, 0) is 4.74 Å². The monoisotopic (exact) mass is 269 g/mol. The fraction of sp³-hybridized carbons (Fsp3) is 0.733. The van der Waals surface area contributed by atoms with E-state index in [1.54, 1.807) is 0 Å². The number of hydrogen-bond acceptors (Lipinski definition) is 3. The number of ether oxygens (including phenoxy) is 1. The second kappa shape index (κ2) is 7.27. The zero-order valence-corrected chi connectivity index (χ0v) is 13.2. The molecule has 0 aliphatic rings. The standard InChI is InChI=1S/C15H27NOS/c1-6-9-16-14(13-10-12(4)18-11-13)15(5,7-2)17-8-3/h10-11,14,16H,6-9H2,1-5H3. The van der Waals surface area contributed by atoms with Gasteiger partial charge in [-0.1, -0.05) is 13.8 Å². The fourth-order valence-electron chi connectivity index (χ4n) is 2.31. The lowest BCUT2D eigenvalue weighted by atomic mass is 9.88. The Hall–Kier alpha value is -0.380. The first-order chi connectivity index (χ1) is 8.57.